The highest BCUT2D eigenvalue weighted by atomic mass is 79.9. The Morgan fingerprint density at radius 1 is 1.43 bits per heavy atom. The van der Waals surface area contributed by atoms with Crippen molar-refractivity contribution in [2.24, 2.45) is 0 Å². The molecule has 4 nitrogen and oxygen atoms in total. The molecule has 0 amide bonds. The third kappa shape index (κ3) is 1.63. The van der Waals surface area contributed by atoms with E-state index in [0.717, 1.165) is 10.0 Å². The molecule has 0 unspecified atom stereocenters. The van der Waals surface area contributed by atoms with Crippen LogP contribution >= 0.6 is 15.9 Å². The van der Waals surface area contributed by atoms with E-state index in [4.69, 9.17) is 5.73 Å². The molecule has 0 atom stereocenters. The third-order valence-electron chi connectivity index (χ3n) is 1.95. The summed E-state index contributed by atoms with van der Waals surface area (Å²) in [6.07, 6.45) is 0. The number of nitrogens with zero attached hydrogens (tertiary/aromatic N) is 2. The number of halogens is 1. The molecule has 14 heavy (non-hydrogen) atoms. The number of nitrogen functional groups attached to an aromatic ring is 1. The summed E-state index contributed by atoms with van der Waals surface area (Å²) in [5.74, 6) is 0.944. The number of benzene rings is 1. The summed E-state index contributed by atoms with van der Waals surface area (Å²) in [7, 11) is 0. The number of anilines is 1. The SMILES string of the molecule is Cc1ccc(-c2nc(N)n[nH]2)cc1Br. The van der Waals surface area contributed by atoms with Crippen molar-refractivity contribution in [1.82, 2.24) is 15.2 Å². The first kappa shape index (κ1) is 9.21. The number of aromatic nitrogens is 3. The van der Waals surface area contributed by atoms with Crippen LogP contribution in [0, 0.1) is 6.92 Å². The second-order valence-electron chi connectivity index (χ2n) is 3.01. The molecule has 0 radical (unpaired) electrons. The molecular weight excluding hydrogens is 244 g/mol. The fraction of sp³-hybridized carbons (Fsp3) is 0.111. The van der Waals surface area contributed by atoms with Gasteiger partial charge in [-0.3, -0.25) is 5.10 Å². The predicted octanol–water partition coefficient (Wildman–Crippen LogP) is 2.12. The van der Waals surface area contributed by atoms with Crippen molar-refractivity contribution in [1.29, 1.82) is 0 Å². The number of aryl methyl sites for hydroxylation is 1. The highest BCUT2D eigenvalue weighted by Crippen LogP contribution is 2.23. The van der Waals surface area contributed by atoms with Crippen LogP contribution in [-0.2, 0) is 0 Å². The van der Waals surface area contributed by atoms with E-state index in [0.29, 0.717) is 5.82 Å². The van der Waals surface area contributed by atoms with Gasteiger partial charge >= 0.3 is 0 Å². The van der Waals surface area contributed by atoms with Gasteiger partial charge in [0.05, 0.1) is 0 Å². The van der Waals surface area contributed by atoms with E-state index in [1.807, 2.05) is 25.1 Å². The molecule has 0 aliphatic heterocycles. The second-order valence-corrected chi connectivity index (χ2v) is 3.86. The van der Waals surface area contributed by atoms with Gasteiger partial charge in [-0.15, -0.1) is 5.10 Å². The van der Waals surface area contributed by atoms with Crippen molar-refractivity contribution < 1.29 is 0 Å². The number of aromatic amines is 1. The van der Waals surface area contributed by atoms with Gasteiger partial charge in [-0.1, -0.05) is 28.1 Å². The molecular formula is C9H9BrN4. The van der Waals surface area contributed by atoms with Crippen LogP contribution in [0.2, 0.25) is 0 Å². The fourth-order valence-corrected chi connectivity index (χ4v) is 1.52. The molecule has 0 saturated heterocycles. The number of hydrogen-bond acceptors (Lipinski definition) is 3. The van der Waals surface area contributed by atoms with E-state index < -0.39 is 0 Å². The van der Waals surface area contributed by atoms with Crippen LogP contribution in [0.4, 0.5) is 5.95 Å². The first-order valence-electron chi connectivity index (χ1n) is 4.11. The molecule has 2 rings (SSSR count). The van der Waals surface area contributed by atoms with E-state index in [1.54, 1.807) is 0 Å². The Kier molecular flexibility index (Phi) is 2.25. The molecule has 0 aliphatic rings. The van der Waals surface area contributed by atoms with Crippen LogP contribution in [0.1, 0.15) is 5.56 Å². The summed E-state index contributed by atoms with van der Waals surface area (Å²) < 4.78 is 1.05. The van der Waals surface area contributed by atoms with E-state index in [1.165, 1.54) is 5.56 Å². The molecule has 0 fully saturated rings. The summed E-state index contributed by atoms with van der Waals surface area (Å²) in [5.41, 5.74) is 7.56. The first-order valence-corrected chi connectivity index (χ1v) is 4.90. The second kappa shape index (κ2) is 3.42. The number of hydrogen-bond donors (Lipinski definition) is 2. The van der Waals surface area contributed by atoms with Gasteiger partial charge in [0.15, 0.2) is 5.82 Å². The van der Waals surface area contributed by atoms with Gasteiger partial charge in [0, 0.05) is 10.0 Å². The van der Waals surface area contributed by atoms with Crippen molar-refractivity contribution in [3.05, 3.63) is 28.2 Å². The summed E-state index contributed by atoms with van der Waals surface area (Å²) in [6.45, 7) is 2.03. The zero-order chi connectivity index (χ0) is 10.1. The number of rotatable bonds is 1. The van der Waals surface area contributed by atoms with Crippen LogP contribution in [0.25, 0.3) is 11.4 Å². The fourth-order valence-electron chi connectivity index (χ4n) is 1.14. The first-order chi connectivity index (χ1) is 6.66. The van der Waals surface area contributed by atoms with E-state index in [9.17, 15) is 0 Å². The monoisotopic (exact) mass is 252 g/mol. The average molecular weight is 253 g/mol. The van der Waals surface area contributed by atoms with Gasteiger partial charge in [0.25, 0.3) is 0 Å². The molecule has 0 bridgehead atoms. The number of H-pyrrole nitrogens is 1. The van der Waals surface area contributed by atoms with Crippen molar-refractivity contribution in [3.8, 4) is 11.4 Å². The lowest BCUT2D eigenvalue weighted by atomic mass is 10.1. The topological polar surface area (TPSA) is 67.6 Å². The average Bonchev–Trinajstić information content (AvgIpc) is 2.57. The molecule has 1 heterocycles. The van der Waals surface area contributed by atoms with Crippen LogP contribution in [0.15, 0.2) is 22.7 Å². The van der Waals surface area contributed by atoms with Gasteiger partial charge in [0.2, 0.25) is 5.95 Å². The lowest BCUT2D eigenvalue weighted by Crippen LogP contribution is -1.86. The van der Waals surface area contributed by atoms with Gasteiger partial charge in [-0.25, -0.2) is 0 Å². The Labute approximate surface area is 89.7 Å². The van der Waals surface area contributed by atoms with Crippen molar-refractivity contribution in [3.63, 3.8) is 0 Å². The summed E-state index contributed by atoms with van der Waals surface area (Å²) >= 11 is 3.46. The van der Waals surface area contributed by atoms with Crippen LogP contribution in [0.5, 0.6) is 0 Å². The van der Waals surface area contributed by atoms with Crippen molar-refractivity contribution in [2.45, 2.75) is 6.92 Å². The minimum atomic E-state index is 0.261. The highest BCUT2D eigenvalue weighted by molar-refractivity contribution is 9.10. The molecule has 72 valence electrons. The molecule has 0 saturated carbocycles. The summed E-state index contributed by atoms with van der Waals surface area (Å²) in [5, 5.41) is 6.53. The lowest BCUT2D eigenvalue weighted by Gasteiger charge is -2.00. The quantitative estimate of drug-likeness (QED) is 0.817. The Morgan fingerprint density at radius 3 is 2.79 bits per heavy atom. The Hall–Kier alpha value is -1.36. The smallest absolute Gasteiger partial charge is 0.239 e. The van der Waals surface area contributed by atoms with E-state index >= 15 is 0 Å². The van der Waals surface area contributed by atoms with Gasteiger partial charge < -0.3 is 5.73 Å². The van der Waals surface area contributed by atoms with Crippen LogP contribution in [-0.4, -0.2) is 15.2 Å². The van der Waals surface area contributed by atoms with Crippen molar-refractivity contribution >= 4 is 21.9 Å². The minimum Gasteiger partial charge on any atom is -0.366 e. The van der Waals surface area contributed by atoms with Crippen LogP contribution < -0.4 is 5.73 Å². The largest absolute Gasteiger partial charge is 0.366 e. The molecule has 3 N–H and O–H groups in total. The summed E-state index contributed by atoms with van der Waals surface area (Å²) in [4.78, 5) is 4.04. The summed E-state index contributed by atoms with van der Waals surface area (Å²) in [6, 6.07) is 5.97. The van der Waals surface area contributed by atoms with E-state index in [2.05, 4.69) is 31.1 Å². The zero-order valence-electron chi connectivity index (χ0n) is 7.58. The Morgan fingerprint density at radius 2 is 2.21 bits per heavy atom. The maximum absolute atomic E-state index is 5.42. The molecule has 0 aliphatic carbocycles. The molecule has 1 aromatic heterocycles. The zero-order valence-corrected chi connectivity index (χ0v) is 9.17. The Bertz CT molecular complexity index is 464. The highest BCUT2D eigenvalue weighted by Gasteiger charge is 2.04. The molecule has 1 aromatic carbocycles. The minimum absolute atomic E-state index is 0.261. The van der Waals surface area contributed by atoms with Crippen LogP contribution in [0.3, 0.4) is 0 Å². The van der Waals surface area contributed by atoms with Gasteiger partial charge in [0.1, 0.15) is 0 Å². The standard InChI is InChI=1S/C9H9BrN4/c1-5-2-3-6(4-7(5)10)8-12-9(11)14-13-8/h2-4H,1H3,(H3,11,12,13,14). The maximum atomic E-state index is 5.42. The molecule has 2 aromatic rings. The Balaban J connectivity index is 2.47. The predicted molar refractivity (Wildman–Crippen MR) is 58.7 cm³/mol. The lowest BCUT2D eigenvalue weighted by molar-refractivity contribution is 1.10. The van der Waals surface area contributed by atoms with E-state index in [-0.39, 0.29) is 5.95 Å². The molecule has 0 spiro atoms. The normalized spacial score (nSPS) is 10.4. The maximum Gasteiger partial charge on any atom is 0.239 e. The van der Waals surface area contributed by atoms with Gasteiger partial charge in [-0.2, -0.15) is 4.98 Å². The number of nitrogens with one attached hydrogen (secondary N) is 1. The number of nitrogens with two attached hydrogens (primary N) is 1. The third-order valence-corrected chi connectivity index (χ3v) is 2.80. The van der Waals surface area contributed by atoms with Gasteiger partial charge in [-0.05, 0) is 18.6 Å². The van der Waals surface area contributed by atoms with Crippen molar-refractivity contribution in [2.75, 3.05) is 5.73 Å². The molecule has 5 heteroatoms.